The van der Waals surface area contributed by atoms with Crippen LogP contribution in [0.5, 0.6) is 11.5 Å². The number of hydrogen-bond donors (Lipinski definition) is 0. The van der Waals surface area contributed by atoms with Crippen LogP contribution in [0.4, 0.5) is 19.3 Å². The van der Waals surface area contributed by atoms with Crippen molar-refractivity contribution in [3.05, 3.63) is 117 Å². The van der Waals surface area contributed by atoms with E-state index in [2.05, 4.69) is 9.88 Å². The molecule has 0 radical (unpaired) electrons. The fourth-order valence-electron chi connectivity index (χ4n) is 7.06. The van der Waals surface area contributed by atoms with Gasteiger partial charge >= 0.3 is 18.7 Å². The highest BCUT2D eigenvalue weighted by molar-refractivity contribution is 6.35. The van der Waals surface area contributed by atoms with Crippen molar-refractivity contribution in [2.24, 2.45) is 11.8 Å². The molecule has 0 unspecified atom stereocenters. The van der Waals surface area contributed by atoms with Crippen LogP contribution in [0, 0.1) is 11.8 Å². The van der Waals surface area contributed by atoms with Gasteiger partial charge in [0, 0.05) is 31.0 Å². The Hall–Kier alpha value is -4.45. The van der Waals surface area contributed by atoms with Crippen molar-refractivity contribution in [2.75, 3.05) is 31.1 Å². The van der Waals surface area contributed by atoms with Gasteiger partial charge in [-0.15, -0.1) is 0 Å². The molecule has 4 aliphatic rings. The van der Waals surface area contributed by atoms with Crippen molar-refractivity contribution in [1.82, 2.24) is 9.88 Å². The molecule has 284 valence electrons. The van der Waals surface area contributed by atoms with Crippen molar-refractivity contribution in [3.63, 3.8) is 0 Å². The van der Waals surface area contributed by atoms with Crippen LogP contribution >= 0.6 is 23.2 Å². The second kappa shape index (κ2) is 17.3. The molecule has 2 bridgehead atoms. The minimum absolute atomic E-state index is 0.0802. The molecule has 4 heterocycles. The number of aromatic nitrogens is 1. The zero-order valence-electron chi connectivity index (χ0n) is 29.6. The molecule has 13 heteroatoms. The Balaban J connectivity index is 1.09. The summed E-state index contributed by atoms with van der Waals surface area (Å²) in [6.07, 6.45) is 5.46. The third kappa shape index (κ3) is 9.80. The van der Waals surface area contributed by atoms with Gasteiger partial charge in [0.15, 0.2) is 11.5 Å². The van der Waals surface area contributed by atoms with Crippen LogP contribution in [0.3, 0.4) is 0 Å². The fourth-order valence-corrected chi connectivity index (χ4v) is 7.58. The predicted molar refractivity (Wildman–Crippen MR) is 200 cm³/mol. The molecule has 0 spiro atoms. The van der Waals surface area contributed by atoms with E-state index in [0.717, 1.165) is 50.9 Å². The Kier molecular flexibility index (Phi) is 12.2. The van der Waals surface area contributed by atoms with Crippen molar-refractivity contribution in [2.45, 2.75) is 63.9 Å². The number of ether oxygens (including phenoxy) is 4. The maximum Gasteiger partial charge on any atom is 0.414 e. The van der Waals surface area contributed by atoms with E-state index >= 15 is 0 Å². The molecule has 0 N–H and O–H groups in total. The normalized spacial score (nSPS) is 19.6. The Labute approximate surface area is 323 Å². The Morgan fingerprint density at radius 1 is 0.889 bits per heavy atom. The van der Waals surface area contributed by atoms with E-state index in [9.17, 15) is 18.4 Å². The number of hydrogen-bond acceptors (Lipinski definition) is 8. The summed E-state index contributed by atoms with van der Waals surface area (Å²) in [6, 6.07) is 21.3. The quantitative estimate of drug-likeness (QED) is 0.111. The lowest BCUT2D eigenvalue weighted by Gasteiger charge is -2.44. The number of rotatable bonds is 15. The number of carbonyl (C=O) groups excluding carboxylic acids is 2. The number of esters is 1. The first-order valence-corrected chi connectivity index (χ1v) is 19.0. The number of benzene rings is 3. The van der Waals surface area contributed by atoms with Gasteiger partial charge in [0.05, 0.1) is 29.6 Å². The third-order valence-electron chi connectivity index (χ3n) is 10.2. The topological polar surface area (TPSA) is 90.4 Å². The van der Waals surface area contributed by atoms with Gasteiger partial charge in [0.25, 0.3) is 0 Å². The maximum atomic E-state index is 13.7. The summed E-state index contributed by atoms with van der Waals surface area (Å²) < 4.78 is 49.4. The molecule has 2 atom stereocenters. The first-order chi connectivity index (χ1) is 26.2. The first kappa shape index (κ1) is 37.8. The van der Waals surface area contributed by atoms with Crippen LogP contribution in [0.15, 0.2) is 85.2 Å². The molecule has 1 amide bonds. The maximum absolute atomic E-state index is 13.7. The van der Waals surface area contributed by atoms with Crippen LogP contribution in [-0.4, -0.2) is 60.9 Å². The van der Waals surface area contributed by atoms with E-state index < -0.39 is 24.8 Å². The molecule has 9 nitrogen and oxygen atoms in total. The number of halogens is 4. The van der Waals surface area contributed by atoms with Crippen LogP contribution in [0.1, 0.15) is 54.0 Å². The molecule has 1 aromatic heterocycles. The average Bonchev–Trinajstić information content (AvgIpc) is 4.00. The zero-order chi connectivity index (χ0) is 37.6. The summed E-state index contributed by atoms with van der Waals surface area (Å²) in [5.74, 6) is 0.172. The Bertz CT molecular complexity index is 1910. The van der Waals surface area contributed by atoms with E-state index in [4.69, 9.17) is 42.1 Å². The SMILES string of the molecule is O=C(Cc1cccc(CN(C(=O)O[C@H]2CN3CCC2CC3)c2ccccc2)c1)O[C@@H](Cc1c(Cl)cncc1Cl)c1ccc(OC(F)F)c(OCC2CC2)c1. The Morgan fingerprint density at radius 2 is 1.63 bits per heavy atom. The Morgan fingerprint density at radius 3 is 2.31 bits per heavy atom. The number of para-hydroxylation sites is 1. The first-order valence-electron chi connectivity index (χ1n) is 18.2. The van der Waals surface area contributed by atoms with Gasteiger partial charge in [0.1, 0.15) is 12.2 Å². The van der Waals surface area contributed by atoms with Crippen molar-refractivity contribution in [3.8, 4) is 11.5 Å². The molecular weight excluding hydrogens is 739 g/mol. The van der Waals surface area contributed by atoms with E-state index in [1.807, 2.05) is 54.6 Å². The number of amides is 1. The summed E-state index contributed by atoms with van der Waals surface area (Å²) in [7, 11) is 0. The van der Waals surface area contributed by atoms with Crippen LogP contribution < -0.4 is 14.4 Å². The highest BCUT2D eigenvalue weighted by Crippen LogP contribution is 2.38. The summed E-state index contributed by atoms with van der Waals surface area (Å²) in [5.41, 5.74) is 3.16. The van der Waals surface area contributed by atoms with Crippen LogP contribution in [0.2, 0.25) is 10.0 Å². The van der Waals surface area contributed by atoms with Crippen molar-refractivity contribution >= 4 is 41.0 Å². The van der Waals surface area contributed by atoms with Crippen molar-refractivity contribution in [1.29, 1.82) is 0 Å². The molecule has 1 saturated carbocycles. The van der Waals surface area contributed by atoms with Gasteiger partial charge in [-0.25, -0.2) is 4.79 Å². The summed E-state index contributed by atoms with van der Waals surface area (Å²) in [4.78, 5) is 35.4. The van der Waals surface area contributed by atoms with Crippen molar-refractivity contribution < 1.29 is 37.3 Å². The summed E-state index contributed by atoms with van der Waals surface area (Å²) >= 11 is 12.9. The number of pyridine rings is 1. The molecule has 1 aliphatic carbocycles. The predicted octanol–water partition coefficient (Wildman–Crippen LogP) is 9.09. The van der Waals surface area contributed by atoms with E-state index in [0.29, 0.717) is 40.8 Å². The number of fused-ring (bicyclic) bond motifs is 3. The minimum Gasteiger partial charge on any atom is -0.489 e. The van der Waals surface area contributed by atoms with Gasteiger partial charge < -0.3 is 18.9 Å². The zero-order valence-corrected chi connectivity index (χ0v) is 31.1. The molecule has 4 aromatic rings. The smallest absolute Gasteiger partial charge is 0.414 e. The highest BCUT2D eigenvalue weighted by Gasteiger charge is 2.37. The molecule has 3 saturated heterocycles. The molecule has 8 rings (SSSR count). The van der Waals surface area contributed by atoms with E-state index in [-0.39, 0.29) is 47.0 Å². The third-order valence-corrected chi connectivity index (χ3v) is 10.8. The highest BCUT2D eigenvalue weighted by atomic mass is 35.5. The summed E-state index contributed by atoms with van der Waals surface area (Å²) in [5, 5.41) is 0.572. The summed E-state index contributed by atoms with van der Waals surface area (Å²) in [6.45, 7) is 0.366. The number of carbonyl (C=O) groups is 2. The monoisotopic (exact) mass is 779 g/mol. The molecule has 3 aromatic carbocycles. The minimum atomic E-state index is -3.05. The van der Waals surface area contributed by atoms with Gasteiger partial charge in [-0.05, 0) is 97.1 Å². The second-order valence-corrected chi connectivity index (χ2v) is 14.9. The van der Waals surface area contributed by atoms with Gasteiger partial charge in [-0.3, -0.25) is 19.6 Å². The van der Waals surface area contributed by atoms with Gasteiger partial charge in [-0.1, -0.05) is 71.7 Å². The van der Waals surface area contributed by atoms with E-state index in [1.165, 1.54) is 18.5 Å². The molecule has 54 heavy (non-hydrogen) atoms. The lowest BCUT2D eigenvalue weighted by molar-refractivity contribution is -0.148. The number of anilines is 1. The number of nitrogens with zero attached hydrogens (tertiary/aromatic N) is 3. The number of piperidine rings is 3. The standard InChI is InChI=1S/C41H41Cl2F2N3O6/c42-33-21-46-22-34(43)32(33)20-36(30-11-12-35(53-40(44)45)37(19-30)51-25-26-9-10-26)52-39(49)18-27-5-4-6-28(17-27)23-48(31-7-2-1-3-8-31)41(50)54-38-24-47-15-13-29(38)14-16-47/h1-8,11-12,17,19,21-22,26,29,36,38,40H,9-10,13-16,18,20,23-25H2/t36-,38-/m0/s1. The van der Waals surface area contributed by atoms with Gasteiger partial charge in [-0.2, -0.15) is 8.78 Å². The van der Waals surface area contributed by atoms with Crippen LogP contribution in [-0.2, 0) is 33.7 Å². The van der Waals surface area contributed by atoms with Gasteiger partial charge in [0.2, 0.25) is 0 Å². The molecule has 3 aliphatic heterocycles. The second-order valence-electron chi connectivity index (χ2n) is 14.1. The molecule has 4 fully saturated rings. The average molecular weight is 781 g/mol. The lowest BCUT2D eigenvalue weighted by Crippen LogP contribution is -2.53. The largest absolute Gasteiger partial charge is 0.489 e. The molecular formula is C41H41Cl2F2N3O6. The fraction of sp³-hybridized carbons (Fsp3) is 0.390. The van der Waals surface area contributed by atoms with Crippen LogP contribution in [0.25, 0.3) is 0 Å². The lowest BCUT2D eigenvalue weighted by atomic mass is 9.86. The van der Waals surface area contributed by atoms with E-state index in [1.54, 1.807) is 17.0 Å². The number of alkyl halides is 2.